The Bertz CT molecular complexity index is 818. The van der Waals surface area contributed by atoms with Crippen LogP contribution < -0.4 is 10.6 Å². The monoisotopic (exact) mass is 382 g/mol. The molecule has 2 N–H and O–H groups in total. The van der Waals surface area contributed by atoms with Crippen LogP contribution in [0.2, 0.25) is 0 Å². The van der Waals surface area contributed by atoms with Crippen LogP contribution in [0.3, 0.4) is 0 Å². The summed E-state index contributed by atoms with van der Waals surface area (Å²) >= 11 is 6.23. The number of rotatable bonds is 4. The van der Waals surface area contributed by atoms with Gasteiger partial charge in [0.05, 0.1) is 19.8 Å². The fraction of sp³-hybridized carbons (Fsp3) is 0.188. The van der Waals surface area contributed by atoms with Gasteiger partial charge >= 0.3 is 11.9 Å². The van der Waals surface area contributed by atoms with Crippen LogP contribution in [0.1, 0.15) is 25.6 Å². The van der Waals surface area contributed by atoms with Gasteiger partial charge in [-0.3, -0.25) is 0 Å². The minimum atomic E-state index is -0.601. The normalized spacial score (nSPS) is 10.1. The number of esters is 2. The van der Waals surface area contributed by atoms with Crippen LogP contribution in [0, 0.1) is 12.7 Å². The molecule has 0 aliphatic rings. The number of halogens is 1. The Morgan fingerprint density at radius 3 is 2.24 bits per heavy atom. The fourth-order valence-electron chi connectivity index (χ4n) is 2.04. The number of thiocarbonyl (C=S) groups is 1. The van der Waals surface area contributed by atoms with Gasteiger partial charge in [0.25, 0.3) is 0 Å². The lowest BCUT2D eigenvalue weighted by Crippen LogP contribution is -2.20. The first-order valence-corrected chi connectivity index (χ1v) is 8.23. The summed E-state index contributed by atoms with van der Waals surface area (Å²) in [5, 5.41) is 6.26. The third-order valence-corrected chi connectivity index (χ3v) is 4.63. The van der Waals surface area contributed by atoms with Crippen LogP contribution in [0.4, 0.5) is 15.1 Å². The number of methoxy groups -OCH3 is 2. The minimum Gasteiger partial charge on any atom is -0.465 e. The molecule has 0 fully saturated rings. The van der Waals surface area contributed by atoms with E-state index in [-0.39, 0.29) is 21.4 Å². The Morgan fingerprint density at radius 2 is 1.68 bits per heavy atom. The highest BCUT2D eigenvalue weighted by Crippen LogP contribution is 2.34. The quantitative estimate of drug-likeness (QED) is 0.618. The van der Waals surface area contributed by atoms with Crippen molar-refractivity contribution >= 4 is 51.3 Å². The van der Waals surface area contributed by atoms with Crippen LogP contribution in [0.25, 0.3) is 0 Å². The van der Waals surface area contributed by atoms with Crippen LogP contribution >= 0.6 is 23.6 Å². The van der Waals surface area contributed by atoms with Crippen LogP contribution in [-0.2, 0) is 9.47 Å². The van der Waals surface area contributed by atoms with E-state index in [9.17, 15) is 14.0 Å². The van der Waals surface area contributed by atoms with Gasteiger partial charge in [-0.15, -0.1) is 11.3 Å². The summed E-state index contributed by atoms with van der Waals surface area (Å²) in [6.45, 7) is 1.62. The van der Waals surface area contributed by atoms with Gasteiger partial charge in [-0.25, -0.2) is 14.0 Å². The zero-order valence-corrected chi connectivity index (χ0v) is 15.3. The van der Waals surface area contributed by atoms with Gasteiger partial charge in [0.2, 0.25) is 0 Å². The van der Waals surface area contributed by atoms with Gasteiger partial charge in [0.15, 0.2) is 5.11 Å². The van der Waals surface area contributed by atoms with Crippen molar-refractivity contribution in [3.8, 4) is 0 Å². The van der Waals surface area contributed by atoms with Crippen molar-refractivity contribution in [3.05, 3.63) is 46.1 Å². The van der Waals surface area contributed by atoms with Gasteiger partial charge in [0.1, 0.15) is 15.7 Å². The second-order valence-corrected chi connectivity index (χ2v) is 6.26. The molecular weight excluding hydrogens is 367 g/mol. The summed E-state index contributed by atoms with van der Waals surface area (Å²) in [4.78, 5) is 24.2. The van der Waals surface area contributed by atoms with E-state index in [2.05, 4.69) is 10.6 Å². The van der Waals surface area contributed by atoms with E-state index in [1.54, 1.807) is 6.92 Å². The number of anilines is 2. The number of thiophene rings is 1. The summed E-state index contributed by atoms with van der Waals surface area (Å²) in [7, 11) is 2.50. The van der Waals surface area contributed by atoms with Crippen LogP contribution in [-0.4, -0.2) is 31.3 Å². The molecule has 2 rings (SSSR count). The van der Waals surface area contributed by atoms with Crippen molar-refractivity contribution in [2.24, 2.45) is 0 Å². The Morgan fingerprint density at radius 1 is 1.08 bits per heavy atom. The SMILES string of the molecule is COC(=O)c1sc(NC(=S)Nc2ccc(F)cc2)c(C(=O)OC)c1C. The second-order valence-electron chi connectivity index (χ2n) is 4.83. The third-order valence-electron chi connectivity index (χ3n) is 3.24. The van der Waals surface area contributed by atoms with E-state index in [1.807, 2.05) is 0 Å². The average molecular weight is 382 g/mol. The Hall–Kier alpha value is -2.52. The smallest absolute Gasteiger partial charge is 0.348 e. The van der Waals surface area contributed by atoms with Crippen molar-refractivity contribution < 1.29 is 23.5 Å². The Kier molecular flexibility index (Phi) is 6.05. The maximum Gasteiger partial charge on any atom is 0.348 e. The molecule has 0 spiro atoms. The lowest BCUT2D eigenvalue weighted by molar-refractivity contribution is 0.0601. The number of nitrogens with one attached hydrogen (secondary N) is 2. The lowest BCUT2D eigenvalue weighted by atomic mass is 10.1. The molecule has 25 heavy (non-hydrogen) atoms. The molecule has 132 valence electrons. The van der Waals surface area contributed by atoms with Crippen molar-refractivity contribution in [3.63, 3.8) is 0 Å². The first kappa shape index (κ1) is 18.8. The summed E-state index contributed by atoms with van der Waals surface area (Å²) in [6.07, 6.45) is 0. The maximum absolute atomic E-state index is 12.9. The molecule has 0 saturated heterocycles. The number of ether oxygens (including phenoxy) is 2. The minimum absolute atomic E-state index is 0.175. The topological polar surface area (TPSA) is 76.7 Å². The molecule has 0 radical (unpaired) electrons. The van der Waals surface area contributed by atoms with E-state index >= 15 is 0 Å². The molecule has 1 aromatic carbocycles. The van der Waals surface area contributed by atoms with Gasteiger partial charge < -0.3 is 20.1 Å². The van der Waals surface area contributed by atoms with Gasteiger partial charge in [-0.05, 0) is 49.0 Å². The Labute approximate surface area is 152 Å². The molecule has 1 heterocycles. The molecule has 0 saturated carbocycles. The van der Waals surface area contributed by atoms with E-state index in [0.29, 0.717) is 16.3 Å². The zero-order chi connectivity index (χ0) is 18.6. The molecule has 0 amide bonds. The number of carbonyl (C=O) groups is 2. The zero-order valence-electron chi connectivity index (χ0n) is 13.6. The summed E-state index contributed by atoms with van der Waals surface area (Å²) in [5.41, 5.74) is 1.21. The molecule has 1 aromatic heterocycles. The summed E-state index contributed by atoms with van der Waals surface area (Å²) < 4.78 is 22.4. The standard InChI is InChI=1S/C16H15FN2O4S2/c1-8-11(14(20)22-2)13(25-12(8)15(21)23-3)19-16(24)18-10-6-4-9(17)5-7-10/h4-7H,1-3H3,(H2,18,19,24). The van der Waals surface area contributed by atoms with E-state index < -0.39 is 11.9 Å². The van der Waals surface area contributed by atoms with E-state index in [4.69, 9.17) is 21.7 Å². The van der Waals surface area contributed by atoms with Crippen molar-refractivity contribution in [1.29, 1.82) is 0 Å². The van der Waals surface area contributed by atoms with Crippen LogP contribution in [0.5, 0.6) is 0 Å². The first-order chi connectivity index (χ1) is 11.9. The molecular formula is C16H15FN2O4S2. The van der Waals surface area contributed by atoms with Crippen molar-refractivity contribution in [2.75, 3.05) is 24.9 Å². The van der Waals surface area contributed by atoms with Crippen LogP contribution in [0.15, 0.2) is 24.3 Å². The number of benzene rings is 1. The first-order valence-electron chi connectivity index (χ1n) is 7.01. The van der Waals surface area contributed by atoms with E-state index in [0.717, 1.165) is 11.3 Å². The molecule has 0 aliphatic heterocycles. The fourth-order valence-corrected chi connectivity index (χ4v) is 3.44. The number of hydrogen-bond acceptors (Lipinski definition) is 6. The molecule has 6 nitrogen and oxygen atoms in total. The molecule has 0 bridgehead atoms. The average Bonchev–Trinajstić information content (AvgIpc) is 2.91. The second kappa shape index (κ2) is 8.04. The highest BCUT2D eigenvalue weighted by molar-refractivity contribution is 7.80. The molecule has 0 unspecified atom stereocenters. The van der Waals surface area contributed by atoms with Gasteiger partial charge in [0, 0.05) is 5.69 Å². The predicted octanol–water partition coefficient (Wildman–Crippen LogP) is 3.58. The lowest BCUT2D eigenvalue weighted by Gasteiger charge is -2.10. The number of hydrogen-bond donors (Lipinski definition) is 2. The van der Waals surface area contributed by atoms with Crippen molar-refractivity contribution in [2.45, 2.75) is 6.92 Å². The molecule has 0 aliphatic carbocycles. The largest absolute Gasteiger partial charge is 0.465 e. The number of carbonyl (C=O) groups excluding carboxylic acids is 2. The summed E-state index contributed by atoms with van der Waals surface area (Å²) in [5.74, 6) is -1.52. The van der Waals surface area contributed by atoms with E-state index in [1.165, 1.54) is 38.5 Å². The summed E-state index contributed by atoms with van der Waals surface area (Å²) in [6, 6.07) is 5.61. The van der Waals surface area contributed by atoms with Gasteiger partial charge in [-0.2, -0.15) is 0 Å². The highest BCUT2D eigenvalue weighted by Gasteiger charge is 2.26. The highest BCUT2D eigenvalue weighted by atomic mass is 32.1. The van der Waals surface area contributed by atoms with Gasteiger partial charge in [-0.1, -0.05) is 0 Å². The maximum atomic E-state index is 12.9. The third kappa shape index (κ3) is 4.31. The Balaban J connectivity index is 2.27. The predicted molar refractivity (Wildman–Crippen MR) is 98.0 cm³/mol. The molecule has 2 aromatic rings. The molecule has 9 heteroatoms. The van der Waals surface area contributed by atoms with Crippen molar-refractivity contribution in [1.82, 2.24) is 0 Å². The molecule has 0 atom stereocenters.